The lowest BCUT2D eigenvalue weighted by molar-refractivity contribution is -0.265. The van der Waals surface area contributed by atoms with Gasteiger partial charge in [-0.3, -0.25) is 0 Å². The number of anilines is 1. The van der Waals surface area contributed by atoms with Crippen LogP contribution in [0.25, 0.3) is 0 Å². The molecule has 3 rings (SSSR count). The van der Waals surface area contributed by atoms with Crippen LogP contribution in [0.4, 0.5) is 18.9 Å². The highest BCUT2D eigenvalue weighted by molar-refractivity contribution is 5.98. The van der Waals surface area contributed by atoms with E-state index < -0.39 is 17.9 Å². The molecular weight excluding hydrogens is 323 g/mol. The van der Waals surface area contributed by atoms with Crippen LogP contribution in [0.15, 0.2) is 48.5 Å². The van der Waals surface area contributed by atoms with Crippen molar-refractivity contribution in [2.45, 2.75) is 11.9 Å². The maximum atomic E-state index is 14.0. The molecule has 0 aromatic heterocycles. The van der Waals surface area contributed by atoms with Gasteiger partial charge in [-0.25, -0.2) is 4.79 Å². The van der Waals surface area contributed by atoms with Crippen molar-refractivity contribution in [1.82, 2.24) is 0 Å². The monoisotopic (exact) mass is 337 g/mol. The first kappa shape index (κ1) is 16.2. The second-order valence-corrected chi connectivity index (χ2v) is 5.34. The van der Waals surface area contributed by atoms with E-state index >= 15 is 0 Å². The molecule has 1 aliphatic heterocycles. The number of hydrogen-bond donors (Lipinski definition) is 0. The average molecular weight is 337 g/mol. The second-order valence-electron chi connectivity index (χ2n) is 5.34. The highest BCUT2D eigenvalue weighted by Gasteiger charge is 2.65. The first-order valence-electron chi connectivity index (χ1n) is 7.08. The van der Waals surface area contributed by atoms with Crippen molar-refractivity contribution < 1.29 is 27.4 Å². The van der Waals surface area contributed by atoms with Crippen LogP contribution in [0.5, 0.6) is 5.75 Å². The van der Waals surface area contributed by atoms with E-state index in [1.54, 1.807) is 6.07 Å². The number of hydrogen-bond acceptors (Lipinski definition) is 4. The van der Waals surface area contributed by atoms with E-state index in [2.05, 4.69) is 0 Å². The van der Waals surface area contributed by atoms with E-state index in [9.17, 15) is 18.0 Å². The van der Waals surface area contributed by atoms with Gasteiger partial charge in [0.25, 0.3) is 0 Å². The van der Waals surface area contributed by atoms with E-state index in [0.29, 0.717) is 5.75 Å². The zero-order valence-corrected chi connectivity index (χ0v) is 12.9. The summed E-state index contributed by atoms with van der Waals surface area (Å²) in [6.07, 6.45) is -4.85. The number of esters is 1. The number of carbonyl (C=O) groups is 1. The number of alkyl halides is 3. The topological polar surface area (TPSA) is 38.8 Å². The van der Waals surface area contributed by atoms with Crippen LogP contribution >= 0.6 is 0 Å². The molecule has 1 heterocycles. The van der Waals surface area contributed by atoms with Crippen LogP contribution in [0, 0.1) is 0 Å². The number of ether oxygens (including phenoxy) is 2. The molecule has 2 aromatic carbocycles. The van der Waals surface area contributed by atoms with E-state index in [1.165, 1.54) is 56.6 Å². The Morgan fingerprint density at radius 1 is 1.12 bits per heavy atom. The van der Waals surface area contributed by atoms with Crippen molar-refractivity contribution in [3.63, 3.8) is 0 Å². The molecule has 0 unspecified atom stereocenters. The maximum absolute atomic E-state index is 14.0. The number of carbonyl (C=O) groups excluding carboxylic acids is 1. The number of rotatable bonds is 2. The molecule has 0 spiro atoms. The fourth-order valence-corrected chi connectivity index (χ4v) is 2.84. The van der Waals surface area contributed by atoms with Crippen molar-refractivity contribution >= 4 is 11.7 Å². The summed E-state index contributed by atoms with van der Waals surface area (Å²) in [5.74, 6) is -0.689. The van der Waals surface area contributed by atoms with Gasteiger partial charge in [-0.2, -0.15) is 13.2 Å². The normalized spacial score (nSPS) is 20.4. The van der Waals surface area contributed by atoms with Gasteiger partial charge in [0.2, 0.25) is 0 Å². The minimum absolute atomic E-state index is 0.0501. The SMILES string of the molecule is COc1ccc2c(c1)N(C)[C@](c1ccccc1)(C(F)(F)F)OC2=O. The van der Waals surface area contributed by atoms with E-state index in [4.69, 9.17) is 9.47 Å². The smallest absolute Gasteiger partial charge is 0.453 e. The lowest BCUT2D eigenvalue weighted by Gasteiger charge is -2.46. The molecule has 0 amide bonds. The molecule has 0 aliphatic carbocycles. The Bertz CT molecular complexity index is 776. The molecule has 24 heavy (non-hydrogen) atoms. The number of benzene rings is 2. The van der Waals surface area contributed by atoms with Gasteiger partial charge in [-0.05, 0) is 12.1 Å². The molecule has 1 atom stereocenters. The first-order chi connectivity index (χ1) is 11.3. The summed E-state index contributed by atoms with van der Waals surface area (Å²) in [5, 5.41) is 0. The van der Waals surface area contributed by atoms with Gasteiger partial charge < -0.3 is 14.4 Å². The molecule has 0 N–H and O–H groups in total. The summed E-state index contributed by atoms with van der Waals surface area (Å²) in [6.45, 7) is 0. The summed E-state index contributed by atoms with van der Waals surface area (Å²) in [7, 11) is 2.64. The lowest BCUT2D eigenvalue weighted by Crippen LogP contribution is -2.60. The molecule has 0 saturated heterocycles. The van der Waals surface area contributed by atoms with Crippen LogP contribution < -0.4 is 9.64 Å². The Balaban J connectivity index is 2.27. The first-order valence-corrected chi connectivity index (χ1v) is 7.08. The molecule has 1 aliphatic rings. The number of nitrogens with zero attached hydrogens (tertiary/aromatic N) is 1. The Labute approximate surface area is 136 Å². The van der Waals surface area contributed by atoms with Crippen LogP contribution in [0.1, 0.15) is 15.9 Å². The van der Waals surface area contributed by atoms with Crippen molar-refractivity contribution in [2.75, 3.05) is 19.1 Å². The van der Waals surface area contributed by atoms with E-state index in [0.717, 1.165) is 4.90 Å². The molecule has 0 saturated carbocycles. The van der Waals surface area contributed by atoms with Crippen LogP contribution in [-0.2, 0) is 10.5 Å². The molecule has 0 radical (unpaired) electrons. The summed E-state index contributed by atoms with van der Waals surface area (Å²) < 4.78 is 52.1. The van der Waals surface area contributed by atoms with Gasteiger partial charge in [0.15, 0.2) is 0 Å². The quantitative estimate of drug-likeness (QED) is 0.783. The van der Waals surface area contributed by atoms with Crippen molar-refractivity contribution in [1.29, 1.82) is 0 Å². The Kier molecular flexibility index (Phi) is 3.66. The van der Waals surface area contributed by atoms with Crippen molar-refractivity contribution in [3.05, 3.63) is 59.7 Å². The van der Waals surface area contributed by atoms with Crippen LogP contribution in [0.3, 0.4) is 0 Å². The third-order valence-corrected chi connectivity index (χ3v) is 4.05. The molecule has 4 nitrogen and oxygen atoms in total. The third-order valence-electron chi connectivity index (χ3n) is 4.05. The lowest BCUT2D eigenvalue weighted by atomic mass is 9.96. The van der Waals surface area contributed by atoms with Gasteiger partial charge in [0, 0.05) is 18.7 Å². The van der Waals surface area contributed by atoms with Gasteiger partial charge in [0.1, 0.15) is 5.75 Å². The Morgan fingerprint density at radius 2 is 1.79 bits per heavy atom. The van der Waals surface area contributed by atoms with Gasteiger partial charge >= 0.3 is 17.9 Å². The third kappa shape index (κ3) is 2.19. The molecule has 2 aromatic rings. The minimum atomic E-state index is -4.85. The maximum Gasteiger partial charge on any atom is 0.453 e. The number of halogens is 3. The summed E-state index contributed by atoms with van der Waals surface area (Å²) >= 11 is 0. The highest BCUT2D eigenvalue weighted by Crippen LogP contribution is 2.50. The van der Waals surface area contributed by atoms with Gasteiger partial charge in [-0.1, -0.05) is 30.3 Å². The Hall–Kier alpha value is -2.70. The zero-order valence-electron chi connectivity index (χ0n) is 12.9. The summed E-state index contributed by atoms with van der Waals surface area (Å²) in [5.41, 5.74) is -2.94. The molecule has 0 fully saturated rings. The predicted molar refractivity (Wildman–Crippen MR) is 81.0 cm³/mol. The standard InChI is InChI=1S/C17H14F3NO3/c1-21-14-10-12(23-2)8-9-13(14)15(22)24-16(21,17(18,19)20)11-6-4-3-5-7-11/h3-10H,1-2H3/t16-/m0/s1. The van der Waals surface area contributed by atoms with Crippen molar-refractivity contribution in [2.24, 2.45) is 0 Å². The van der Waals surface area contributed by atoms with Gasteiger partial charge in [-0.15, -0.1) is 0 Å². The molecular formula is C17H14F3NO3. The fourth-order valence-electron chi connectivity index (χ4n) is 2.84. The second kappa shape index (κ2) is 5.43. The van der Waals surface area contributed by atoms with E-state index in [1.807, 2.05) is 0 Å². The fraction of sp³-hybridized carbons (Fsp3) is 0.235. The molecule has 0 bridgehead atoms. The van der Waals surface area contributed by atoms with Gasteiger partial charge in [0.05, 0.1) is 18.4 Å². The highest BCUT2D eigenvalue weighted by atomic mass is 19.4. The van der Waals surface area contributed by atoms with Crippen LogP contribution in [-0.4, -0.2) is 26.3 Å². The van der Waals surface area contributed by atoms with Crippen LogP contribution in [0.2, 0.25) is 0 Å². The number of cyclic esters (lactones) is 1. The summed E-state index contributed by atoms with van der Waals surface area (Å²) in [6, 6.07) is 11.4. The number of fused-ring (bicyclic) bond motifs is 1. The zero-order chi connectivity index (χ0) is 17.5. The van der Waals surface area contributed by atoms with E-state index in [-0.39, 0.29) is 16.8 Å². The minimum Gasteiger partial charge on any atom is -0.497 e. The summed E-state index contributed by atoms with van der Waals surface area (Å²) in [4.78, 5) is 13.2. The molecule has 7 heteroatoms. The number of methoxy groups -OCH3 is 1. The Morgan fingerprint density at radius 3 is 2.38 bits per heavy atom. The average Bonchev–Trinajstić information content (AvgIpc) is 2.57. The molecule has 126 valence electrons. The largest absolute Gasteiger partial charge is 0.497 e. The predicted octanol–water partition coefficient (Wildman–Crippen LogP) is 3.72. The van der Waals surface area contributed by atoms with Crippen molar-refractivity contribution in [3.8, 4) is 5.75 Å².